The van der Waals surface area contributed by atoms with E-state index in [1.54, 1.807) is 0 Å². The lowest BCUT2D eigenvalue weighted by Crippen LogP contribution is -2.63. The van der Waals surface area contributed by atoms with E-state index in [2.05, 4.69) is 20.9 Å². The molecule has 7 fully saturated rings. The topological polar surface area (TPSA) is 113 Å². The van der Waals surface area contributed by atoms with Crippen molar-refractivity contribution in [3.8, 4) is 11.5 Å². The molecule has 0 aliphatic heterocycles. The van der Waals surface area contributed by atoms with Gasteiger partial charge in [-0.2, -0.15) is 4.98 Å². The van der Waals surface area contributed by atoms with E-state index in [4.69, 9.17) is 9.52 Å². The number of carbonyl (C=O) groups is 1. The lowest BCUT2D eigenvalue weighted by atomic mass is 9.44. The van der Waals surface area contributed by atoms with Crippen molar-refractivity contribution < 1.29 is 18.9 Å². The van der Waals surface area contributed by atoms with Crippen LogP contribution in [0, 0.1) is 22.2 Å². The fourth-order valence-corrected chi connectivity index (χ4v) is 7.08. The molecule has 0 spiro atoms. The van der Waals surface area contributed by atoms with Gasteiger partial charge in [-0.15, -0.1) is 0 Å². The molecule has 1 heterocycles. The van der Waals surface area contributed by atoms with Gasteiger partial charge in [0, 0.05) is 34.3 Å². The molecular weight excluding hydrogens is 461 g/mol. The fraction of sp³-hybridized carbons (Fsp3) is 0.630. The van der Waals surface area contributed by atoms with Crippen LogP contribution in [-0.4, -0.2) is 39.8 Å². The van der Waals surface area contributed by atoms with Gasteiger partial charge in [-0.05, 0) is 88.3 Å². The molecule has 7 aliphatic carbocycles. The van der Waals surface area contributed by atoms with Gasteiger partial charge in [-0.1, -0.05) is 11.2 Å². The van der Waals surface area contributed by atoms with Crippen molar-refractivity contribution in [2.24, 2.45) is 27.2 Å². The number of hydrogen-bond donors (Lipinski definition) is 3. The number of amides is 1. The number of aromatic nitrogens is 2. The summed E-state index contributed by atoms with van der Waals surface area (Å²) in [5.41, 5.74) is 2.50. The lowest BCUT2D eigenvalue weighted by molar-refractivity contribution is -0.166. The molecule has 7 saturated carbocycles. The number of nitrogens with zero attached hydrogens (tertiary/aromatic N) is 3. The molecule has 9 rings (SSSR count). The number of amidine groups is 1. The summed E-state index contributed by atoms with van der Waals surface area (Å²) in [6, 6.07) is 7.45. The van der Waals surface area contributed by atoms with Gasteiger partial charge in [0.05, 0.1) is 5.69 Å². The van der Waals surface area contributed by atoms with Crippen LogP contribution in [0.1, 0.15) is 76.0 Å². The van der Waals surface area contributed by atoms with E-state index in [-0.39, 0.29) is 17.7 Å². The van der Waals surface area contributed by atoms with Gasteiger partial charge in [-0.3, -0.25) is 15.5 Å². The van der Waals surface area contributed by atoms with Gasteiger partial charge in [0.15, 0.2) is 5.82 Å². The lowest BCUT2D eigenvalue weighted by Gasteiger charge is -2.60. The average Bonchev–Trinajstić information content (AvgIpc) is 3.56. The van der Waals surface area contributed by atoms with Crippen LogP contribution >= 0.6 is 0 Å². The molecule has 0 radical (unpaired) electrons. The van der Waals surface area contributed by atoms with Crippen molar-refractivity contribution in [1.82, 2.24) is 20.9 Å². The van der Waals surface area contributed by atoms with Gasteiger partial charge in [0.1, 0.15) is 12.0 Å². The van der Waals surface area contributed by atoms with Crippen molar-refractivity contribution in [3.05, 3.63) is 30.1 Å². The number of hydrogen-bond acceptors (Lipinski definition) is 6. The molecular formula is C27H32FN5O3. The van der Waals surface area contributed by atoms with Crippen LogP contribution in [-0.2, 0) is 4.79 Å². The van der Waals surface area contributed by atoms with Gasteiger partial charge >= 0.3 is 0 Å². The molecule has 1 aromatic carbocycles. The first-order chi connectivity index (χ1) is 17.4. The average molecular weight is 494 g/mol. The Kier molecular flexibility index (Phi) is 4.88. The number of aliphatic imine (C=N–C) groups is 1. The van der Waals surface area contributed by atoms with E-state index in [1.165, 1.54) is 0 Å². The van der Waals surface area contributed by atoms with Crippen LogP contribution in [0.5, 0.6) is 0 Å². The minimum atomic E-state index is -1.06. The molecule has 1 aromatic heterocycles. The minimum Gasteiger partial charge on any atom is -0.355 e. The summed E-state index contributed by atoms with van der Waals surface area (Å²) < 4.78 is 21.1. The number of nitrogens with one attached hydrogen (secondary N) is 2. The summed E-state index contributed by atoms with van der Waals surface area (Å²) in [6.07, 6.45) is 7.21. The number of fused-ring (bicyclic) bond motifs is 3. The van der Waals surface area contributed by atoms with E-state index in [0.717, 1.165) is 62.3 Å². The van der Waals surface area contributed by atoms with E-state index in [9.17, 15) is 10.0 Å². The highest BCUT2D eigenvalue weighted by molar-refractivity contribution is 5.90. The molecule has 0 saturated heterocycles. The standard InChI is InChI=1S/C27H32FN5O3/c28-20-14-25(6-8-26(20,9-7-25)15-29-24(34)27-11-16(12-27)13-27)23(32-35)30-19-3-1-2-18(10-19)22-31-21(33-36-22)17-4-5-17/h1-3,10,16-17,20,35H,4-9,11-15H2,(H,29,34)(H,30,32). The summed E-state index contributed by atoms with van der Waals surface area (Å²) in [6.45, 7) is 0.406. The molecule has 3 N–H and O–H groups in total. The van der Waals surface area contributed by atoms with E-state index >= 15 is 4.39 Å². The molecule has 9 heteroatoms. The maximum absolute atomic E-state index is 15.7. The van der Waals surface area contributed by atoms with E-state index in [1.807, 2.05) is 24.3 Å². The predicted octanol–water partition coefficient (Wildman–Crippen LogP) is 4.83. The third-order valence-electron chi connectivity index (χ3n) is 9.88. The summed E-state index contributed by atoms with van der Waals surface area (Å²) in [5, 5.41) is 17.3. The number of alkyl halides is 1. The Balaban J connectivity index is 1.07. The minimum absolute atomic E-state index is 0.124. The third-order valence-corrected chi connectivity index (χ3v) is 9.88. The maximum atomic E-state index is 15.7. The van der Waals surface area contributed by atoms with Crippen LogP contribution in [0.4, 0.5) is 10.1 Å². The molecule has 8 nitrogen and oxygen atoms in total. The SMILES string of the molecule is O=C(NCC12CCC(C(=Nc3cccc(-c4nc(C5CC5)no4)c3)NO)(CC1)CC2F)C12CC(C1)C2. The smallest absolute Gasteiger partial charge is 0.258 e. The second-order valence-corrected chi connectivity index (χ2v) is 12.1. The number of halogens is 1. The molecule has 36 heavy (non-hydrogen) atoms. The first-order valence-electron chi connectivity index (χ1n) is 13.3. The van der Waals surface area contributed by atoms with Crippen LogP contribution in [0.2, 0.25) is 0 Å². The number of carbonyl (C=O) groups excluding carboxylic acids is 1. The Morgan fingerprint density at radius 1 is 1.14 bits per heavy atom. The third kappa shape index (κ3) is 3.42. The van der Waals surface area contributed by atoms with Crippen LogP contribution in [0.3, 0.4) is 0 Å². The molecule has 7 aliphatic rings. The second kappa shape index (κ2) is 7.84. The number of benzene rings is 1. The Labute approximate surface area is 209 Å². The maximum Gasteiger partial charge on any atom is 0.258 e. The summed E-state index contributed by atoms with van der Waals surface area (Å²) in [7, 11) is 0. The molecule has 1 atom stereocenters. The summed E-state index contributed by atoms with van der Waals surface area (Å²) in [5.74, 6) is 2.87. The van der Waals surface area contributed by atoms with E-state index < -0.39 is 17.0 Å². The second-order valence-electron chi connectivity index (χ2n) is 12.1. The Morgan fingerprint density at radius 3 is 2.56 bits per heavy atom. The highest BCUT2D eigenvalue weighted by Crippen LogP contribution is 2.64. The molecule has 2 aromatic rings. The highest BCUT2D eigenvalue weighted by Gasteiger charge is 2.62. The number of rotatable bonds is 7. The van der Waals surface area contributed by atoms with Gasteiger partial charge < -0.3 is 9.84 Å². The van der Waals surface area contributed by atoms with Crippen molar-refractivity contribution in [3.63, 3.8) is 0 Å². The zero-order valence-electron chi connectivity index (χ0n) is 20.3. The van der Waals surface area contributed by atoms with E-state index in [0.29, 0.717) is 42.7 Å². The zero-order valence-corrected chi connectivity index (χ0v) is 20.3. The van der Waals surface area contributed by atoms with Crippen LogP contribution < -0.4 is 10.8 Å². The molecule has 1 amide bonds. The first kappa shape index (κ1) is 22.4. The van der Waals surface area contributed by atoms with Crippen molar-refractivity contribution in [2.75, 3.05) is 6.54 Å². The predicted molar refractivity (Wildman–Crippen MR) is 129 cm³/mol. The summed E-state index contributed by atoms with van der Waals surface area (Å²) >= 11 is 0. The van der Waals surface area contributed by atoms with Crippen molar-refractivity contribution >= 4 is 17.4 Å². The van der Waals surface area contributed by atoms with Crippen molar-refractivity contribution in [1.29, 1.82) is 0 Å². The molecule has 4 bridgehead atoms. The molecule has 1 unspecified atom stereocenters. The van der Waals surface area contributed by atoms with Gasteiger partial charge in [0.2, 0.25) is 5.91 Å². The quantitative estimate of drug-likeness (QED) is 0.289. The Hall–Kier alpha value is -2.81. The van der Waals surface area contributed by atoms with Crippen molar-refractivity contribution in [2.45, 2.75) is 76.3 Å². The highest BCUT2D eigenvalue weighted by atomic mass is 19.1. The van der Waals surface area contributed by atoms with Crippen LogP contribution in [0.25, 0.3) is 11.5 Å². The first-order valence-corrected chi connectivity index (χ1v) is 13.3. The van der Waals surface area contributed by atoms with Crippen LogP contribution in [0.15, 0.2) is 33.8 Å². The zero-order chi connectivity index (χ0) is 24.5. The fourth-order valence-electron chi connectivity index (χ4n) is 7.08. The normalized spacial score (nSPS) is 36.7. The monoisotopic (exact) mass is 493 g/mol. The largest absolute Gasteiger partial charge is 0.355 e. The number of hydroxylamine groups is 1. The molecule has 190 valence electrons. The summed E-state index contributed by atoms with van der Waals surface area (Å²) in [4.78, 5) is 21.9. The van der Waals surface area contributed by atoms with Gasteiger partial charge in [0.25, 0.3) is 5.89 Å². The van der Waals surface area contributed by atoms with Gasteiger partial charge in [-0.25, -0.2) is 9.38 Å². The Morgan fingerprint density at radius 2 is 1.92 bits per heavy atom. The Bertz CT molecular complexity index is 1210.